The highest BCUT2D eigenvalue weighted by molar-refractivity contribution is 6.42. The lowest BCUT2D eigenvalue weighted by molar-refractivity contribution is -0.142. The molecule has 2 heterocycles. The Balaban J connectivity index is 0.000000189. The van der Waals surface area contributed by atoms with E-state index in [1.165, 1.54) is 12.0 Å². The number of aromatic nitrogens is 2. The molecule has 2 aliphatic carbocycles. The number of benzene rings is 2. The fourth-order valence-corrected chi connectivity index (χ4v) is 6.42. The van der Waals surface area contributed by atoms with E-state index in [2.05, 4.69) is 22.4 Å². The summed E-state index contributed by atoms with van der Waals surface area (Å²) in [5.74, 6) is 1.35. The first kappa shape index (κ1) is 24.8. The summed E-state index contributed by atoms with van der Waals surface area (Å²) in [4.78, 5) is 40.7. The van der Waals surface area contributed by atoms with Gasteiger partial charge in [0.05, 0.1) is 27.3 Å². The number of halogens is 2. The van der Waals surface area contributed by atoms with Crippen LogP contribution < -0.4 is 10.9 Å². The summed E-state index contributed by atoms with van der Waals surface area (Å²) in [5.41, 5.74) is 3.38. The first-order valence-electron chi connectivity index (χ1n) is 12.2. The van der Waals surface area contributed by atoms with Crippen molar-refractivity contribution >= 4 is 46.4 Å². The van der Waals surface area contributed by atoms with Crippen LogP contribution in [0.2, 0.25) is 10.0 Å². The predicted molar refractivity (Wildman–Crippen MR) is 140 cm³/mol. The van der Waals surface area contributed by atoms with Crippen LogP contribution in [0.25, 0.3) is 10.9 Å². The lowest BCUT2D eigenvalue weighted by Gasteiger charge is -2.47. The number of nitrogens with zero attached hydrogens (tertiary/aromatic N) is 3. The molecule has 1 spiro atoms. The highest BCUT2D eigenvalue weighted by Crippen LogP contribution is 2.74. The van der Waals surface area contributed by atoms with Crippen molar-refractivity contribution in [2.24, 2.45) is 11.3 Å². The normalized spacial score (nSPS) is 25.2. The summed E-state index contributed by atoms with van der Waals surface area (Å²) in [6.45, 7) is 5.67. The Kier molecular flexibility index (Phi) is 6.55. The van der Waals surface area contributed by atoms with Gasteiger partial charge in [0, 0.05) is 38.0 Å². The van der Waals surface area contributed by atoms with Crippen LogP contribution in [0.15, 0.2) is 47.5 Å². The maximum Gasteiger partial charge on any atom is 0.261 e. The van der Waals surface area contributed by atoms with Crippen LogP contribution in [0, 0.1) is 11.3 Å². The number of amides is 2. The van der Waals surface area contributed by atoms with Gasteiger partial charge in [0.15, 0.2) is 0 Å². The van der Waals surface area contributed by atoms with Gasteiger partial charge in [-0.15, -0.1) is 0 Å². The fourth-order valence-electron chi connectivity index (χ4n) is 6.10. The molecule has 36 heavy (non-hydrogen) atoms. The Bertz CT molecular complexity index is 1410. The molecule has 3 aliphatic rings. The largest absolute Gasteiger partial charge is 0.355 e. The molecule has 6 rings (SSSR count). The van der Waals surface area contributed by atoms with Crippen molar-refractivity contribution < 1.29 is 9.59 Å². The van der Waals surface area contributed by atoms with Crippen LogP contribution in [0.3, 0.4) is 0 Å². The van der Waals surface area contributed by atoms with Crippen molar-refractivity contribution in [1.29, 1.82) is 0 Å². The Labute approximate surface area is 219 Å². The molecule has 0 bridgehead atoms. The second kappa shape index (κ2) is 9.52. The molecule has 2 amide bonds. The fraction of sp³-hybridized carbons (Fsp3) is 0.407. The van der Waals surface area contributed by atoms with Gasteiger partial charge in [-0.2, -0.15) is 0 Å². The van der Waals surface area contributed by atoms with E-state index in [0.717, 1.165) is 24.0 Å². The van der Waals surface area contributed by atoms with Gasteiger partial charge in [-0.25, -0.2) is 4.98 Å². The first-order chi connectivity index (χ1) is 17.3. The minimum absolute atomic E-state index is 0.0428. The van der Waals surface area contributed by atoms with Crippen LogP contribution >= 0.6 is 23.2 Å². The molecule has 2 aromatic carbocycles. The number of carbonyl (C=O) groups excluding carboxylic acids is 2. The number of carbonyl (C=O) groups is 2. The summed E-state index contributed by atoms with van der Waals surface area (Å²) in [6.07, 6.45) is 4.54. The third-order valence-corrected chi connectivity index (χ3v) is 8.78. The molecule has 1 N–H and O–H groups in total. The van der Waals surface area contributed by atoms with Gasteiger partial charge in [-0.05, 0) is 67.0 Å². The zero-order chi connectivity index (χ0) is 25.6. The molecular formula is C27H28Cl2N4O3. The predicted octanol–water partition coefficient (Wildman–Crippen LogP) is 4.38. The van der Waals surface area contributed by atoms with E-state index in [1.54, 1.807) is 30.0 Å². The number of hydrogen-bond donors (Lipinski definition) is 1. The van der Waals surface area contributed by atoms with Crippen molar-refractivity contribution in [1.82, 2.24) is 19.8 Å². The van der Waals surface area contributed by atoms with E-state index >= 15 is 0 Å². The van der Waals surface area contributed by atoms with Crippen LogP contribution in [-0.2, 0) is 22.7 Å². The van der Waals surface area contributed by atoms with E-state index in [4.69, 9.17) is 23.2 Å². The third-order valence-electron chi connectivity index (χ3n) is 8.04. The molecule has 1 aromatic heterocycles. The average Bonchev–Trinajstić information content (AvgIpc) is 3.57. The Morgan fingerprint density at radius 2 is 2.03 bits per heavy atom. The first-order valence-corrected chi connectivity index (χ1v) is 12.9. The number of rotatable bonds is 5. The molecule has 0 radical (unpaired) electrons. The lowest BCUT2D eigenvalue weighted by atomic mass is 9.85. The number of fused-ring (bicyclic) bond motifs is 1. The van der Waals surface area contributed by atoms with Gasteiger partial charge in [0.1, 0.15) is 0 Å². The van der Waals surface area contributed by atoms with Crippen LogP contribution in [0.5, 0.6) is 0 Å². The SMILES string of the molecule is CCn1cnc2ccc(C3CC4N(C(C)=O)CC45CC35)cc2c1=O.O=CNCc1ccc(Cl)c(Cl)c1. The maximum atomic E-state index is 12.6. The zero-order valence-corrected chi connectivity index (χ0v) is 21.7. The molecule has 188 valence electrons. The molecule has 9 heteroatoms. The van der Waals surface area contributed by atoms with Crippen molar-refractivity contribution in [2.75, 3.05) is 6.54 Å². The summed E-state index contributed by atoms with van der Waals surface area (Å²) >= 11 is 11.4. The Morgan fingerprint density at radius 1 is 1.22 bits per heavy atom. The highest BCUT2D eigenvalue weighted by Gasteiger charge is 2.74. The Hall–Kier alpha value is -2.90. The zero-order valence-electron chi connectivity index (χ0n) is 20.2. The number of likely N-dealkylation sites (tertiary alicyclic amines) is 1. The van der Waals surface area contributed by atoms with Gasteiger partial charge in [-0.1, -0.05) is 35.3 Å². The van der Waals surface area contributed by atoms with Crippen LogP contribution in [0.4, 0.5) is 0 Å². The van der Waals surface area contributed by atoms with Crippen molar-refractivity contribution in [2.45, 2.75) is 51.7 Å². The smallest absolute Gasteiger partial charge is 0.261 e. The second-order valence-electron chi connectivity index (χ2n) is 9.91. The molecule has 4 atom stereocenters. The summed E-state index contributed by atoms with van der Waals surface area (Å²) in [7, 11) is 0. The second-order valence-corrected chi connectivity index (χ2v) is 10.7. The summed E-state index contributed by atoms with van der Waals surface area (Å²) in [6, 6.07) is 11.8. The van der Waals surface area contributed by atoms with E-state index in [9.17, 15) is 14.4 Å². The van der Waals surface area contributed by atoms with Crippen molar-refractivity contribution in [3.05, 3.63) is 74.3 Å². The van der Waals surface area contributed by atoms with Gasteiger partial charge < -0.3 is 10.2 Å². The molecule has 4 unspecified atom stereocenters. The molecule has 1 aliphatic heterocycles. The minimum Gasteiger partial charge on any atom is -0.355 e. The molecule has 1 saturated heterocycles. The average molecular weight is 527 g/mol. The number of nitrogens with one attached hydrogen (secondary N) is 1. The van der Waals surface area contributed by atoms with E-state index < -0.39 is 0 Å². The topological polar surface area (TPSA) is 84.3 Å². The van der Waals surface area contributed by atoms with Gasteiger partial charge in [-0.3, -0.25) is 19.0 Å². The van der Waals surface area contributed by atoms with E-state index in [1.807, 2.05) is 24.0 Å². The molecule has 3 aromatic rings. The van der Waals surface area contributed by atoms with E-state index in [0.29, 0.717) is 58.2 Å². The van der Waals surface area contributed by atoms with Crippen LogP contribution in [-0.4, -0.2) is 39.4 Å². The van der Waals surface area contributed by atoms with Gasteiger partial charge in [0.2, 0.25) is 12.3 Å². The summed E-state index contributed by atoms with van der Waals surface area (Å²) < 4.78 is 1.65. The van der Waals surface area contributed by atoms with Crippen molar-refractivity contribution in [3.8, 4) is 0 Å². The lowest BCUT2D eigenvalue weighted by Crippen LogP contribution is -2.58. The molecule has 2 saturated carbocycles. The van der Waals surface area contributed by atoms with Gasteiger partial charge >= 0.3 is 0 Å². The third kappa shape index (κ3) is 4.18. The standard InChI is InChI=1S/C19H21N3O2.C8H7Cl2NO/c1-3-21-10-20-16-5-4-12(6-14(16)18(21)24)13-7-17-19(8-15(13)19)9-22(17)11(2)23;9-7-2-1-6(3-8(7)10)4-11-5-12/h4-6,10,13,15,17H,3,7-9H2,1-2H3;1-3,5H,4H2,(H,11,12). The highest BCUT2D eigenvalue weighted by atomic mass is 35.5. The van der Waals surface area contributed by atoms with Crippen LogP contribution in [0.1, 0.15) is 43.7 Å². The molecular weight excluding hydrogens is 499 g/mol. The van der Waals surface area contributed by atoms with Crippen molar-refractivity contribution in [3.63, 3.8) is 0 Å². The monoisotopic (exact) mass is 526 g/mol. The van der Waals surface area contributed by atoms with E-state index in [-0.39, 0.29) is 11.5 Å². The van der Waals surface area contributed by atoms with Gasteiger partial charge in [0.25, 0.3) is 5.56 Å². The number of aryl methyl sites for hydroxylation is 1. The Morgan fingerprint density at radius 3 is 2.72 bits per heavy atom. The minimum atomic E-state index is 0.0428. The quantitative estimate of drug-likeness (QED) is 0.500. The maximum absolute atomic E-state index is 12.6. The summed E-state index contributed by atoms with van der Waals surface area (Å²) in [5, 5.41) is 4.27. The molecule has 7 nitrogen and oxygen atoms in total. The molecule has 3 fully saturated rings. The number of hydrogen-bond acceptors (Lipinski definition) is 4.